The van der Waals surface area contributed by atoms with E-state index in [9.17, 15) is 4.79 Å². The number of aryl methyl sites for hydroxylation is 1. The second-order valence-electron chi connectivity index (χ2n) is 6.18. The highest BCUT2D eigenvalue weighted by molar-refractivity contribution is 6.00. The fourth-order valence-electron chi connectivity index (χ4n) is 2.79. The van der Waals surface area contributed by atoms with Crippen molar-refractivity contribution in [1.29, 1.82) is 0 Å². The topological polar surface area (TPSA) is 62.5 Å². The Morgan fingerprint density at radius 1 is 1.28 bits per heavy atom. The quantitative estimate of drug-likeness (QED) is 0.750. The number of aromatic nitrogens is 3. The van der Waals surface area contributed by atoms with E-state index in [-0.39, 0.29) is 5.91 Å². The fraction of sp³-hybridized carbons (Fsp3) is 0.316. The molecule has 3 aromatic rings. The van der Waals surface area contributed by atoms with Gasteiger partial charge in [-0.2, -0.15) is 5.10 Å². The van der Waals surface area contributed by atoms with E-state index in [0.29, 0.717) is 23.4 Å². The monoisotopic (exact) mass is 337 g/mol. The minimum Gasteiger partial charge on any atom is -0.348 e. The van der Waals surface area contributed by atoms with E-state index in [4.69, 9.17) is 0 Å². The van der Waals surface area contributed by atoms with Gasteiger partial charge in [-0.1, -0.05) is 31.2 Å². The van der Waals surface area contributed by atoms with Crippen LogP contribution in [-0.4, -0.2) is 39.0 Å². The van der Waals surface area contributed by atoms with Crippen molar-refractivity contribution in [3.8, 4) is 0 Å². The maximum Gasteiger partial charge on any atom is 0.257 e. The number of benzene rings is 1. The average molecular weight is 337 g/mol. The van der Waals surface area contributed by atoms with E-state index >= 15 is 0 Å². The SMILES string of the molecule is CCN(C)Cc1cccc(CNC(=O)c2c(C)nn3cccnc23)c1. The van der Waals surface area contributed by atoms with Gasteiger partial charge in [0.2, 0.25) is 0 Å². The third-order valence-corrected chi connectivity index (χ3v) is 4.23. The van der Waals surface area contributed by atoms with Crippen LogP contribution in [-0.2, 0) is 13.1 Å². The minimum atomic E-state index is -0.151. The second kappa shape index (κ2) is 7.44. The number of amides is 1. The van der Waals surface area contributed by atoms with Crippen molar-refractivity contribution >= 4 is 11.6 Å². The lowest BCUT2D eigenvalue weighted by atomic mass is 10.1. The Morgan fingerprint density at radius 2 is 2.08 bits per heavy atom. The highest BCUT2D eigenvalue weighted by Gasteiger charge is 2.17. The van der Waals surface area contributed by atoms with E-state index in [2.05, 4.69) is 46.4 Å². The molecule has 0 unspecified atom stereocenters. The number of hydrogen-bond donors (Lipinski definition) is 1. The Morgan fingerprint density at radius 3 is 2.88 bits per heavy atom. The first kappa shape index (κ1) is 17.1. The standard InChI is InChI=1S/C19H23N5O/c1-4-23(3)13-16-8-5-7-15(11-16)12-21-19(25)17-14(2)22-24-10-6-9-20-18(17)24/h5-11H,4,12-13H2,1-3H3,(H,21,25). The van der Waals surface area contributed by atoms with Crippen molar-refractivity contribution < 1.29 is 4.79 Å². The molecule has 0 spiro atoms. The van der Waals surface area contributed by atoms with Gasteiger partial charge in [-0.3, -0.25) is 4.79 Å². The maximum atomic E-state index is 12.6. The van der Waals surface area contributed by atoms with Crippen molar-refractivity contribution in [3.63, 3.8) is 0 Å². The predicted molar refractivity (Wildman–Crippen MR) is 97.3 cm³/mol. The molecule has 0 atom stereocenters. The Labute approximate surface area is 147 Å². The summed E-state index contributed by atoms with van der Waals surface area (Å²) in [6, 6.07) is 10.1. The molecule has 130 valence electrons. The first-order valence-electron chi connectivity index (χ1n) is 8.43. The van der Waals surface area contributed by atoms with Gasteiger partial charge >= 0.3 is 0 Å². The molecular weight excluding hydrogens is 314 g/mol. The number of fused-ring (bicyclic) bond motifs is 1. The van der Waals surface area contributed by atoms with Crippen LogP contribution in [0, 0.1) is 6.92 Å². The Bertz CT molecular complexity index is 886. The molecule has 0 bridgehead atoms. The lowest BCUT2D eigenvalue weighted by molar-refractivity contribution is 0.0951. The van der Waals surface area contributed by atoms with Gasteiger partial charge in [-0.25, -0.2) is 9.50 Å². The summed E-state index contributed by atoms with van der Waals surface area (Å²) in [5.41, 5.74) is 4.11. The van der Waals surface area contributed by atoms with E-state index in [1.165, 1.54) is 5.56 Å². The first-order valence-corrected chi connectivity index (χ1v) is 8.43. The van der Waals surface area contributed by atoms with Crippen LogP contribution >= 0.6 is 0 Å². The molecule has 0 radical (unpaired) electrons. The lowest BCUT2D eigenvalue weighted by Crippen LogP contribution is -2.23. The van der Waals surface area contributed by atoms with Gasteiger partial charge in [-0.15, -0.1) is 0 Å². The molecule has 1 amide bonds. The Hall–Kier alpha value is -2.73. The summed E-state index contributed by atoms with van der Waals surface area (Å²) in [6.45, 7) is 6.34. The largest absolute Gasteiger partial charge is 0.348 e. The van der Waals surface area contributed by atoms with Crippen LogP contribution in [0.2, 0.25) is 0 Å². The molecule has 6 nitrogen and oxygen atoms in total. The number of rotatable bonds is 6. The highest BCUT2D eigenvalue weighted by atomic mass is 16.1. The minimum absolute atomic E-state index is 0.151. The molecule has 0 aliphatic rings. The van der Waals surface area contributed by atoms with Crippen molar-refractivity contribution in [3.05, 3.63) is 65.1 Å². The zero-order valence-corrected chi connectivity index (χ0v) is 14.9. The summed E-state index contributed by atoms with van der Waals surface area (Å²) in [7, 11) is 2.09. The molecule has 0 fully saturated rings. The van der Waals surface area contributed by atoms with Gasteiger partial charge < -0.3 is 10.2 Å². The lowest BCUT2D eigenvalue weighted by Gasteiger charge is -2.14. The molecule has 0 aliphatic carbocycles. The first-order chi connectivity index (χ1) is 12.1. The number of hydrogen-bond acceptors (Lipinski definition) is 4. The number of carbonyl (C=O) groups is 1. The van der Waals surface area contributed by atoms with Crippen molar-refractivity contribution in [2.75, 3.05) is 13.6 Å². The van der Waals surface area contributed by atoms with Gasteiger partial charge in [0.1, 0.15) is 5.56 Å². The molecular formula is C19H23N5O. The van der Waals surface area contributed by atoms with E-state index in [0.717, 1.165) is 18.7 Å². The summed E-state index contributed by atoms with van der Waals surface area (Å²) in [5.74, 6) is -0.151. The third kappa shape index (κ3) is 3.85. The molecule has 3 rings (SSSR count). The van der Waals surface area contributed by atoms with Crippen LogP contribution in [0.25, 0.3) is 5.65 Å². The molecule has 0 saturated heterocycles. The van der Waals surface area contributed by atoms with Crippen LogP contribution in [0.1, 0.15) is 34.1 Å². The molecule has 6 heteroatoms. The van der Waals surface area contributed by atoms with E-state index in [1.54, 1.807) is 23.0 Å². The van der Waals surface area contributed by atoms with E-state index < -0.39 is 0 Å². The van der Waals surface area contributed by atoms with Crippen LogP contribution in [0.5, 0.6) is 0 Å². The maximum absolute atomic E-state index is 12.6. The predicted octanol–water partition coefficient (Wildman–Crippen LogP) is 2.42. The summed E-state index contributed by atoms with van der Waals surface area (Å²) in [4.78, 5) is 19.1. The van der Waals surface area contributed by atoms with Crippen molar-refractivity contribution in [2.45, 2.75) is 26.9 Å². The molecule has 1 aromatic carbocycles. The second-order valence-corrected chi connectivity index (χ2v) is 6.18. The third-order valence-electron chi connectivity index (χ3n) is 4.23. The fourth-order valence-corrected chi connectivity index (χ4v) is 2.79. The number of carbonyl (C=O) groups excluding carboxylic acids is 1. The van der Waals surface area contributed by atoms with Gasteiger partial charge in [0.05, 0.1) is 5.69 Å². The summed E-state index contributed by atoms with van der Waals surface area (Å²) >= 11 is 0. The van der Waals surface area contributed by atoms with Gasteiger partial charge in [0, 0.05) is 25.5 Å². The molecule has 0 saturated carbocycles. The summed E-state index contributed by atoms with van der Waals surface area (Å²) in [5, 5.41) is 7.32. The molecule has 1 N–H and O–H groups in total. The number of nitrogens with zero attached hydrogens (tertiary/aromatic N) is 4. The zero-order valence-electron chi connectivity index (χ0n) is 14.9. The van der Waals surface area contributed by atoms with Crippen LogP contribution in [0.15, 0.2) is 42.7 Å². The van der Waals surface area contributed by atoms with Gasteiger partial charge in [0.25, 0.3) is 5.91 Å². The average Bonchev–Trinajstić information content (AvgIpc) is 2.95. The Kier molecular flexibility index (Phi) is 5.09. The summed E-state index contributed by atoms with van der Waals surface area (Å²) < 4.78 is 1.63. The normalized spacial score (nSPS) is 11.2. The zero-order chi connectivity index (χ0) is 17.8. The van der Waals surface area contributed by atoms with Crippen LogP contribution in [0.4, 0.5) is 0 Å². The molecule has 2 heterocycles. The van der Waals surface area contributed by atoms with Gasteiger partial charge in [0.15, 0.2) is 5.65 Å². The van der Waals surface area contributed by atoms with E-state index in [1.807, 2.05) is 19.1 Å². The van der Waals surface area contributed by atoms with Gasteiger partial charge in [-0.05, 0) is 37.7 Å². The number of nitrogens with one attached hydrogen (secondary N) is 1. The van der Waals surface area contributed by atoms with Crippen molar-refractivity contribution in [2.24, 2.45) is 0 Å². The molecule has 25 heavy (non-hydrogen) atoms. The molecule has 0 aliphatic heterocycles. The smallest absolute Gasteiger partial charge is 0.257 e. The summed E-state index contributed by atoms with van der Waals surface area (Å²) in [6.07, 6.45) is 3.46. The Balaban J connectivity index is 1.72. The highest BCUT2D eigenvalue weighted by Crippen LogP contribution is 2.13. The van der Waals surface area contributed by atoms with Crippen molar-refractivity contribution in [1.82, 2.24) is 24.8 Å². The molecule has 2 aromatic heterocycles. The van der Waals surface area contributed by atoms with Crippen LogP contribution < -0.4 is 5.32 Å². The van der Waals surface area contributed by atoms with Crippen LogP contribution in [0.3, 0.4) is 0 Å².